The average Bonchev–Trinajstić information content (AvgIpc) is 3.34. The molecule has 0 radical (unpaired) electrons. The van der Waals surface area contributed by atoms with Crippen LogP contribution in [0.3, 0.4) is 0 Å². The molecule has 0 nitrogen and oxygen atoms in total. The molecule has 0 aliphatic heterocycles. The first-order chi connectivity index (χ1) is 12.9. The topological polar surface area (TPSA) is 0 Å². The van der Waals surface area contributed by atoms with Gasteiger partial charge in [0.1, 0.15) is 0 Å². The van der Waals surface area contributed by atoms with Crippen LogP contribution in [0.2, 0.25) is 0 Å². The van der Waals surface area contributed by atoms with Gasteiger partial charge in [-0.15, -0.1) is 40.5 Å². The number of allylic oxidation sites excluding steroid dienone is 4. The summed E-state index contributed by atoms with van der Waals surface area (Å²) in [6.07, 6.45) is 17.3. The molecule has 1 unspecified atom stereocenters. The van der Waals surface area contributed by atoms with E-state index >= 15 is 0 Å². The Morgan fingerprint density at radius 2 is 1.21 bits per heavy atom. The fraction of sp³-hybridized carbons (Fsp3) is 0.304. The normalized spacial score (nSPS) is 13.0. The van der Waals surface area contributed by atoms with E-state index in [2.05, 4.69) is 33.5 Å². The van der Waals surface area contributed by atoms with Crippen molar-refractivity contribution >= 4 is 41.7 Å². The second-order valence-corrected chi connectivity index (χ2v) is 6.50. The van der Waals surface area contributed by atoms with Gasteiger partial charge in [0.2, 0.25) is 0 Å². The molecule has 1 saturated carbocycles. The van der Waals surface area contributed by atoms with Gasteiger partial charge in [-0.1, -0.05) is 19.3 Å². The summed E-state index contributed by atoms with van der Waals surface area (Å²) in [5.41, 5.74) is 0.953. The fourth-order valence-electron chi connectivity index (χ4n) is 2.16. The maximum absolute atomic E-state index is 2.99. The van der Waals surface area contributed by atoms with Crippen molar-refractivity contribution in [1.82, 2.24) is 0 Å². The number of hydrogen-bond acceptors (Lipinski definition) is 0. The maximum atomic E-state index is 2.99. The molecule has 0 N–H and O–H groups in total. The molecule has 0 amide bonds. The molecule has 4 rings (SSSR count). The van der Waals surface area contributed by atoms with Crippen molar-refractivity contribution in [3.8, 4) is 0 Å². The molecule has 28 heavy (non-hydrogen) atoms. The summed E-state index contributed by atoms with van der Waals surface area (Å²) >= 11 is 2.03. The number of benzene rings is 2. The zero-order valence-electron chi connectivity index (χ0n) is 16.4. The zero-order valence-corrected chi connectivity index (χ0v) is 22.2. The van der Waals surface area contributed by atoms with Crippen molar-refractivity contribution in [3.05, 3.63) is 97.1 Å². The zero-order chi connectivity index (χ0) is 19.1. The Balaban J connectivity index is -0.000000284. The van der Waals surface area contributed by atoms with Crippen molar-refractivity contribution < 1.29 is 19.2 Å². The third-order valence-corrected chi connectivity index (χ3v) is 4.12. The van der Waals surface area contributed by atoms with Crippen LogP contribution in [-0.2, 0) is 19.2 Å². The molecule has 2 aliphatic carbocycles. The summed E-state index contributed by atoms with van der Waals surface area (Å²) in [5, 5.41) is 0. The van der Waals surface area contributed by atoms with Crippen LogP contribution in [0.25, 0.3) is 0 Å². The Bertz CT molecular complexity index is 452. The molecule has 1 atom stereocenters. The standard InChI is InChI=1S/C6H13P.2C6H5.C5H5.2ClH.H2Si.Ti/c7-6-4-2-1-3-5-6;2*1-2-4-6-5-3-1;1-2-4-5-3-1;;;;/h6H,1-5,7H2;2*1-5H;1-3H,4H2;2*1H;1H2;/q;3*-1;;;;. The van der Waals surface area contributed by atoms with Gasteiger partial charge in [-0.05, 0) is 18.5 Å². The van der Waals surface area contributed by atoms with Crippen LogP contribution < -0.4 is 0 Å². The third-order valence-electron chi connectivity index (χ3n) is 3.45. The quantitative estimate of drug-likeness (QED) is 0.230. The molecule has 154 valence electrons. The molecule has 0 bridgehead atoms. The van der Waals surface area contributed by atoms with Crippen LogP contribution in [0.15, 0.2) is 78.9 Å². The Labute approximate surface area is 201 Å². The molecule has 2 aliphatic rings. The Kier molecular flexibility index (Phi) is 33.8. The molecule has 0 heterocycles. The number of hydrogen-bond donors (Lipinski definition) is 0. The van der Waals surface area contributed by atoms with Crippen LogP contribution >= 0.6 is 34.1 Å². The molecule has 0 aromatic heterocycles. The summed E-state index contributed by atoms with van der Waals surface area (Å²) < 4.78 is 0. The van der Waals surface area contributed by atoms with E-state index in [9.17, 15) is 0 Å². The van der Waals surface area contributed by atoms with Gasteiger partial charge in [0, 0.05) is 0 Å². The SMILES string of the molecule is Cl.Cl.PC1CCCCC1.[C-]1=CC=CC1.[SiH2]=[Ti].[c-]1ccccc1.[c-]1ccccc1. The van der Waals surface area contributed by atoms with Gasteiger partial charge in [0.05, 0.1) is 0 Å². The van der Waals surface area contributed by atoms with Crippen molar-refractivity contribution in [2.24, 2.45) is 0 Å². The first kappa shape index (κ1) is 32.5. The van der Waals surface area contributed by atoms with Crippen LogP contribution in [0.4, 0.5) is 0 Å². The van der Waals surface area contributed by atoms with Crippen LogP contribution in [0, 0.1) is 18.2 Å². The van der Waals surface area contributed by atoms with E-state index in [1.165, 1.54) is 32.1 Å². The first-order valence-electron chi connectivity index (χ1n) is 9.04. The monoisotopic (exact) mass is 485 g/mol. The van der Waals surface area contributed by atoms with Crippen LogP contribution in [0.1, 0.15) is 38.5 Å². The summed E-state index contributed by atoms with van der Waals surface area (Å²) in [4.78, 5) is 0. The van der Waals surface area contributed by atoms with Gasteiger partial charge in [-0.2, -0.15) is 78.9 Å². The van der Waals surface area contributed by atoms with Crippen molar-refractivity contribution in [2.45, 2.75) is 44.2 Å². The third kappa shape index (κ3) is 25.9. The summed E-state index contributed by atoms with van der Waals surface area (Å²) in [7, 11) is 4.77. The molecule has 2 aromatic rings. The van der Waals surface area contributed by atoms with Gasteiger partial charge in [0.25, 0.3) is 0 Å². The molecule has 1 fully saturated rings. The summed E-state index contributed by atoms with van der Waals surface area (Å²) in [6.45, 7) is 0. The molecule has 5 heteroatoms. The van der Waals surface area contributed by atoms with Crippen molar-refractivity contribution in [1.29, 1.82) is 0 Å². The summed E-state index contributed by atoms with van der Waals surface area (Å²) in [6, 6.07) is 25.0. The van der Waals surface area contributed by atoms with E-state index in [1.807, 2.05) is 99.6 Å². The van der Waals surface area contributed by atoms with Crippen molar-refractivity contribution in [3.63, 3.8) is 0 Å². The van der Waals surface area contributed by atoms with Gasteiger partial charge in [-0.25, -0.2) is 12.2 Å². The number of rotatable bonds is 0. The minimum Gasteiger partial charge on any atom is -0.184 e. The molecule has 0 spiro atoms. The van der Waals surface area contributed by atoms with Gasteiger partial charge < -0.3 is 0 Å². The van der Waals surface area contributed by atoms with E-state index in [0.717, 1.165) is 12.1 Å². The van der Waals surface area contributed by atoms with Crippen LogP contribution in [0.5, 0.6) is 0 Å². The molecular weight excluding hydrogens is 454 g/mol. The van der Waals surface area contributed by atoms with Crippen molar-refractivity contribution in [2.75, 3.05) is 0 Å². The predicted molar refractivity (Wildman–Crippen MR) is 132 cm³/mol. The molecular formula is C23H32Cl2PSiTi-3. The number of halogens is 2. The second kappa shape index (κ2) is 29.1. The Morgan fingerprint density at radius 3 is 1.36 bits per heavy atom. The van der Waals surface area contributed by atoms with E-state index < -0.39 is 0 Å². The van der Waals surface area contributed by atoms with E-state index in [4.69, 9.17) is 0 Å². The average molecular weight is 486 g/mol. The van der Waals surface area contributed by atoms with Crippen LogP contribution in [-0.4, -0.2) is 13.3 Å². The maximum Gasteiger partial charge on any atom is -0.171 e. The smallest absolute Gasteiger partial charge is 0.171 e. The largest absolute Gasteiger partial charge is 0.184 e. The molecule has 0 saturated heterocycles. The van der Waals surface area contributed by atoms with E-state index in [0.29, 0.717) is 0 Å². The Morgan fingerprint density at radius 1 is 0.750 bits per heavy atom. The van der Waals surface area contributed by atoms with Gasteiger partial charge >= 0.3 is 26.8 Å². The van der Waals surface area contributed by atoms with Gasteiger partial charge in [-0.3, -0.25) is 6.08 Å². The van der Waals surface area contributed by atoms with E-state index in [1.54, 1.807) is 0 Å². The summed E-state index contributed by atoms with van der Waals surface area (Å²) in [5.74, 6) is 0. The first-order valence-corrected chi connectivity index (χ1v) is 13.7. The predicted octanol–water partition coefficient (Wildman–Crippen LogP) is 6.40. The van der Waals surface area contributed by atoms with Gasteiger partial charge in [0.15, 0.2) is 0 Å². The fourth-order valence-corrected chi connectivity index (χ4v) is 2.63. The molecule has 2 aromatic carbocycles. The second-order valence-electron chi connectivity index (χ2n) is 5.56. The minimum atomic E-state index is 0. The Hall–Kier alpha value is -0.139. The minimum absolute atomic E-state index is 0. The van der Waals surface area contributed by atoms with E-state index in [-0.39, 0.29) is 24.8 Å².